The van der Waals surface area contributed by atoms with Gasteiger partial charge >= 0.3 is 0 Å². The molecule has 8 aromatic rings. The first-order valence-electron chi connectivity index (χ1n) is 14.3. The molecule has 1 N–H and O–H groups in total. The van der Waals surface area contributed by atoms with Crippen LogP contribution in [-0.4, -0.2) is 4.98 Å². The molecule has 6 aromatic carbocycles. The van der Waals surface area contributed by atoms with Crippen molar-refractivity contribution in [1.82, 2.24) is 4.98 Å². The van der Waals surface area contributed by atoms with E-state index in [9.17, 15) is 0 Å². The lowest BCUT2D eigenvalue weighted by Crippen LogP contribution is -2.14. The van der Waals surface area contributed by atoms with Crippen LogP contribution < -0.4 is 0 Å². The third kappa shape index (κ3) is 3.23. The van der Waals surface area contributed by atoms with E-state index in [4.69, 9.17) is 0 Å². The summed E-state index contributed by atoms with van der Waals surface area (Å²) in [6, 6.07) is 45.1. The quantitative estimate of drug-likeness (QED) is 0.224. The van der Waals surface area contributed by atoms with Crippen LogP contribution in [0, 0.1) is 0 Å². The molecule has 0 spiro atoms. The van der Waals surface area contributed by atoms with Gasteiger partial charge in [0.1, 0.15) is 0 Å². The van der Waals surface area contributed by atoms with Gasteiger partial charge in [-0.05, 0) is 80.9 Å². The molecule has 0 fully saturated rings. The van der Waals surface area contributed by atoms with Gasteiger partial charge in [-0.1, -0.05) is 98.8 Å². The molecule has 2 aromatic heterocycles. The molecular formula is C39H27NS. The van der Waals surface area contributed by atoms with Gasteiger partial charge in [0.2, 0.25) is 0 Å². The third-order valence-electron chi connectivity index (χ3n) is 9.23. The molecule has 2 heterocycles. The predicted molar refractivity (Wildman–Crippen MR) is 177 cm³/mol. The lowest BCUT2D eigenvalue weighted by Gasteiger charge is -2.22. The molecular weight excluding hydrogens is 515 g/mol. The minimum atomic E-state index is -0.00463. The summed E-state index contributed by atoms with van der Waals surface area (Å²) in [6.07, 6.45) is 0. The Morgan fingerprint density at radius 2 is 1.12 bits per heavy atom. The number of aromatic nitrogens is 1. The Labute approximate surface area is 242 Å². The number of fused-ring (bicyclic) bond motifs is 9. The number of rotatable bonds is 2. The zero-order valence-electron chi connectivity index (χ0n) is 23.0. The van der Waals surface area contributed by atoms with Gasteiger partial charge in [-0.25, -0.2) is 0 Å². The van der Waals surface area contributed by atoms with Crippen molar-refractivity contribution in [3.63, 3.8) is 0 Å². The second-order valence-corrected chi connectivity index (χ2v) is 12.9. The number of H-pyrrole nitrogens is 1. The van der Waals surface area contributed by atoms with Crippen molar-refractivity contribution in [1.29, 1.82) is 0 Å². The summed E-state index contributed by atoms with van der Waals surface area (Å²) in [5.41, 5.74) is 13.0. The van der Waals surface area contributed by atoms with Crippen molar-refractivity contribution >= 4 is 53.3 Å². The van der Waals surface area contributed by atoms with E-state index < -0.39 is 0 Å². The van der Waals surface area contributed by atoms with Crippen LogP contribution in [0.5, 0.6) is 0 Å². The van der Waals surface area contributed by atoms with Crippen LogP contribution in [0.4, 0.5) is 0 Å². The smallest absolute Gasteiger partial charge is 0.0465 e. The van der Waals surface area contributed by atoms with Crippen LogP contribution in [-0.2, 0) is 5.41 Å². The number of hydrogen-bond donors (Lipinski definition) is 1. The maximum atomic E-state index is 3.66. The zero-order chi connectivity index (χ0) is 27.3. The van der Waals surface area contributed by atoms with Crippen molar-refractivity contribution in [2.24, 2.45) is 0 Å². The first-order chi connectivity index (χ1) is 20.1. The molecule has 0 atom stereocenters. The molecule has 1 aliphatic carbocycles. The highest BCUT2D eigenvalue weighted by atomic mass is 32.1. The van der Waals surface area contributed by atoms with Gasteiger partial charge in [-0.15, -0.1) is 11.3 Å². The lowest BCUT2D eigenvalue weighted by molar-refractivity contribution is 0.660. The van der Waals surface area contributed by atoms with Crippen LogP contribution in [0.3, 0.4) is 0 Å². The van der Waals surface area contributed by atoms with E-state index in [0.29, 0.717) is 0 Å². The van der Waals surface area contributed by atoms with Crippen LogP contribution >= 0.6 is 11.3 Å². The fraction of sp³-hybridized carbons (Fsp3) is 0.0769. The van der Waals surface area contributed by atoms with E-state index >= 15 is 0 Å². The van der Waals surface area contributed by atoms with Gasteiger partial charge in [-0.3, -0.25) is 0 Å². The van der Waals surface area contributed by atoms with Gasteiger partial charge in [0.05, 0.1) is 0 Å². The highest BCUT2D eigenvalue weighted by Gasteiger charge is 2.35. The van der Waals surface area contributed by atoms with Gasteiger partial charge in [0, 0.05) is 47.4 Å². The van der Waals surface area contributed by atoms with Crippen molar-refractivity contribution in [2.45, 2.75) is 19.3 Å². The summed E-state index contributed by atoms with van der Waals surface area (Å²) in [5, 5.41) is 5.22. The molecule has 0 saturated carbocycles. The topological polar surface area (TPSA) is 15.8 Å². The fourth-order valence-electron chi connectivity index (χ4n) is 7.10. The van der Waals surface area contributed by atoms with Gasteiger partial charge in [0.25, 0.3) is 0 Å². The summed E-state index contributed by atoms with van der Waals surface area (Å²) >= 11 is 1.89. The number of aromatic amines is 1. The van der Waals surface area contributed by atoms with E-state index in [1.165, 1.54) is 86.5 Å². The fourth-order valence-corrected chi connectivity index (χ4v) is 8.34. The minimum absolute atomic E-state index is 0.00463. The summed E-state index contributed by atoms with van der Waals surface area (Å²) in [7, 11) is 0. The normalized spacial score (nSPS) is 13.8. The van der Waals surface area contributed by atoms with Gasteiger partial charge in [-0.2, -0.15) is 0 Å². The Hall–Kier alpha value is -4.66. The van der Waals surface area contributed by atoms with Crippen molar-refractivity contribution in [3.05, 3.63) is 132 Å². The van der Waals surface area contributed by atoms with Crippen molar-refractivity contribution in [2.75, 3.05) is 0 Å². The maximum absolute atomic E-state index is 3.66. The summed E-state index contributed by atoms with van der Waals surface area (Å²) in [4.78, 5) is 3.66. The highest BCUT2D eigenvalue weighted by Crippen LogP contribution is 2.49. The summed E-state index contributed by atoms with van der Waals surface area (Å²) < 4.78 is 2.70. The molecule has 2 heteroatoms. The predicted octanol–water partition coefficient (Wildman–Crippen LogP) is 11.3. The first-order valence-corrected chi connectivity index (χ1v) is 15.1. The van der Waals surface area contributed by atoms with E-state index in [2.05, 4.69) is 140 Å². The Morgan fingerprint density at radius 3 is 2.00 bits per heavy atom. The molecule has 0 bridgehead atoms. The highest BCUT2D eigenvalue weighted by molar-refractivity contribution is 7.26. The molecule has 0 saturated heterocycles. The van der Waals surface area contributed by atoms with Crippen molar-refractivity contribution < 1.29 is 0 Å². The van der Waals surface area contributed by atoms with Crippen LogP contribution in [0.25, 0.3) is 75.4 Å². The molecule has 0 amide bonds. The van der Waals surface area contributed by atoms with Crippen LogP contribution in [0.1, 0.15) is 25.0 Å². The summed E-state index contributed by atoms with van der Waals surface area (Å²) in [5.74, 6) is 0. The lowest BCUT2D eigenvalue weighted by atomic mass is 9.81. The summed E-state index contributed by atoms with van der Waals surface area (Å²) in [6.45, 7) is 4.70. The largest absolute Gasteiger partial charge is 0.355 e. The van der Waals surface area contributed by atoms with E-state index in [-0.39, 0.29) is 5.41 Å². The molecule has 41 heavy (non-hydrogen) atoms. The second-order valence-electron chi connectivity index (χ2n) is 11.9. The number of thiophene rings is 1. The first kappa shape index (κ1) is 23.1. The van der Waals surface area contributed by atoms with Gasteiger partial charge in [0.15, 0.2) is 0 Å². The standard InChI is InChI=1S/C39H27NS/c1-39(2)33-12-5-3-8-27(33)28-17-14-24(22-34(28)39)23-15-18-35-31(20-23)32-21-25(16-19-36(32)40-35)26-10-7-11-30-29-9-4-6-13-37(29)41-38(26)30/h3-22,40H,1-2H3. The average molecular weight is 542 g/mol. The van der Waals surface area contributed by atoms with E-state index in [0.717, 1.165) is 0 Å². The third-order valence-corrected chi connectivity index (χ3v) is 10.5. The molecule has 9 rings (SSSR count). The number of hydrogen-bond acceptors (Lipinski definition) is 1. The van der Waals surface area contributed by atoms with Crippen LogP contribution in [0.15, 0.2) is 121 Å². The molecule has 194 valence electrons. The number of nitrogens with one attached hydrogen (secondary N) is 1. The number of benzene rings is 6. The van der Waals surface area contributed by atoms with E-state index in [1.54, 1.807) is 0 Å². The monoisotopic (exact) mass is 541 g/mol. The SMILES string of the molecule is CC1(C)c2ccccc2-c2ccc(-c3ccc4[nH]c5ccc(-c6cccc7c6sc6ccccc67)cc5c4c3)cc21. The molecule has 0 unspecified atom stereocenters. The molecule has 0 radical (unpaired) electrons. The van der Waals surface area contributed by atoms with Crippen LogP contribution in [0.2, 0.25) is 0 Å². The average Bonchev–Trinajstić information content (AvgIpc) is 3.64. The maximum Gasteiger partial charge on any atom is 0.0465 e. The van der Waals surface area contributed by atoms with Crippen molar-refractivity contribution in [3.8, 4) is 33.4 Å². The molecule has 1 nitrogen and oxygen atoms in total. The Bertz CT molecular complexity index is 2350. The Morgan fingerprint density at radius 1 is 0.488 bits per heavy atom. The molecule has 1 aliphatic rings. The second kappa shape index (κ2) is 8.19. The minimum Gasteiger partial charge on any atom is -0.355 e. The van der Waals surface area contributed by atoms with Gasteiger partial charge < -0.3 is 4.98 Å². The zero-order valence-corrected chi connectivity index (χ0v) is 23.8. The molecule has 0 aliphatic heterocycles. The van der Waals surface area contributed by atoms with E-state index in [1.807, 2.05) is 11.3 Å². The Balaban J connectivity index is 1.20. The Kier molecular flexibility index (Phi) is 4.61.